The molecule has 0 spiro atoms. The molecule has 0 saturated carbocycles. The van der Waals surface area contributed by atoms with Crippen molar-refractivity contribution in [3.8, 4) is 11.5 Å². The minimum atomic E-state index is -0.568. The molecule has 0 N–H and O–H groups in total. The van der Waals surface area contributed by atoms with Crippen LogP contribution in [0.15, 0.2) is 57.8 Å². The summed E-state index contributed by atoms with van der Waals surface area (Å²) >= 11 is 1.31. The van der Waals surface area contributed by atoms with Crippen LogP contribution in [-0.2, 0) is 16.1 Å². The Morgan fingerprint density at radius 3 is 2.55 bits per heavy atom. The molecular formula is C22H20N4O6S. The Balaban J connectivity index is 1.35. The molecule has 1 amide bonds. The van der Waals surface area contributed by atoms with E-state index >= 15 is 0 Å². The number of nitro benzene ring substituents is 1. The van der Waals surface area contributed by atoms with E-state index < -0.39 is 10.9 Å². The van der Waals surface area contributed by atoms with Crippen LogP contribution in [0.5, 0.6) is 0 Å². The Morgan fingerprint density at radius 1 is 1.09 bits per heavy atom. The van der Waals surface area contributed by atoms with E-state index in [4.69, 9.17) is 9.15 Å². The van der Waals surface area contributed by atoms with Crippen LogP contribution in [0.25, 0.3) is 11.5 Å². The number of hydrogen-bond acceptors (Lipinski definition) is 9. The molecule has 10 nitrogen and oxygen atoms in total. The first-order chi connectivity index (χ1) is 16.0. The highest BCUT2D eigenvalue weighted by Gasteiger charge is 2.20. The third-order valence-corrected chi connectivity index (χ3v) is 6.09. The number of nitrogens with zero attached hydrogens (tertiary/aromatic N) is 4. The Kier molecular flexibility index (Phi) is 6.98. The summed E-state index contributed by atoms with van der Waals surface area (Å²) in [6.07, 6.45) is 2.06. The maximum absolute atomic E-state index is 12.6. The predicted octanol–water partition coefficient (Wildman–Crippen LogP) is 3.72. The Labute approximate surface area is 193 Å². The van der Waals surface area contributed by atoms with E-state index in [-0.39, 0.29) is 35.7 Å². The quantitative estimate of drug-likeness (QED) is 0.210. The fourth-order valence-corrected chi connectivity index (χ4v) is 4.26. The third-order valence-electron chi connectivity index (χ3n) is 5.04. The lowest BCUT2D eigenvalue weighted by atomic mass is 10.2. The summed E-state index contributed by atoms with van der Waals surface area (Å²) in [4.78, 5) is 37.7. The molecule has 33 heavy (non-hydrogen) atoms. The molecule has 0 radical (unpaired) electrons. The molecule has 4 rings (SSSR count). The van der Waals surface area contributed by atoms with Crippen LogP contribution in [0.4, 0.5) is 5.69 Å². The average molecular weight is 468 g/mol. The van der Waals surface area contributed by atoms with Crippen molar-refractivity contribution in [1.29, 1.82) is 0 Å². The summed E-state index contributed by atoms with van der Waals surface area (Å²) in [6, 6.07) is 12.6. The molecule has 2 aromatic carbocycles. The van der Waals surface area contributed by atoms with Crippen molar-refractivity contribution in [2.45, 2.75) is 24.3 Å². The monoisotopic (exact) mass is 468 g/mol. The lowest BCUT2D eigenvalue weighted by Crippen LogP contribution is -2.29. The number of amides is 1. The number of aromatic nitrogens is 2. The van der Waals surface area contributed by atoms with E-state index in [2.05, 4.69) is 10.2 Å². The summed E-state index contributed by atoms with van der Waals surface area (Å²) in [7, 11) is 0. The Hall–Kier alpha value is -3.73. The number of thioether (sulfide) groups is 1. The third kappa shape index (κ3) is 5.55. The van der Waals surface area contributed by atoms with Gasteiger partial charge < -0.3 is 14.1 Å². The minimum absolute atomic E-state index is 0.0499. The lowest BCUT2D eigenvalue weighted by molar-refractivity contribution is -0.384. The van der Waals surface area contributed by atoms with Gasteiger partial charge >= 0.3 is 5.97 Å². The zero-order valence-corrected chi connectivity index (χ0v) is 18.3. The first-order valence-corrected chi connectivity index (χ1v) is 11.2. The van der Waals surface area contributed by atoms with Gasteiger partial charge in [0.25, 0.3) is 11.6 Å². The van der Waals surface area contributed by atoms with Crippen molar-refractivity contribution >= 4 is 29.3 Å². The number of benzene rings is 2. The van der Waals surface area contributed by atoms with Crippen LogP contribution in [-0.4, -0.2) is 50.7 Å². The zero-order chi connectivity index (χ0) is 23.2. The first kappa shape index (κ1) is 22.5. The summed E-state index contributed by atoms with van der Waals surface area (Å²) in [5.74, 6) is -0.00231. The molecule has 0 unspecified atom stereocenters. The number of likely N-dealkylation sites (tertiary alicyclic amines) is 1. The van der Waals surface area contributed by atoms with Crippen molar-refractivity contribution in [2.75, 3.05) is 18.8 Å². The van der Waals surface area contributed by atoms with Gasteiger partial charge in [0.1, 0.15) is 0 Å². The maximum atomic E-state index is 12.6. The highest BCUT2D eigenvalue weighted by atomic mass is 32.2. The molecule has 170 valence electrons. The van der Waals surface area contributed by atoms with Crippen molar-refractivity contribution in [1.82, 2.24) is 15.1 Å². The van der Waals surface area contributed by atoms with Crippen molar-refractivity contribution < 1.29 is 23.7 Å². The molecular weight excluding hydrogens is 448 g/mol. The molecule has 0 aliphatic carbocycles. The van der Waals surface area contributed by atoms with Crippen molar-refractivity contribution in [3.05, 3.63) is 70.1 Å². The van der Waals surface area contributed by atoms with Crippen LogP contribution in [0.3, 0.4) is 0 Å². The fourth-order valence-electron chi connectivity index (χ4n) is 3.32. The second-order valence-electron chi connectivity index (χ2n) is 7.25. The lowest BCUT2D eigenvalue weighted by Gasteiger charge is -2.15. The summed E-state index contributed by atoms with van der Waals surface area (Å²) in [5, 5.41) is 18.5. The smallest absolute Gasteiger partial charge is 0.339 e. The highest BCUT2D eigenvalue weighted by molar-refractivity contribution is 8.00. The van der Waals surface area contributed by atoms with Gasteiger partial charge in [0, 0.05) is 35.7 Å². The number of nitro groups is 1. The van der Waals surface area contributed by atoms with Gasteiger partial charge in [-0.2, -0.15) is 0 Å². The van der Waals surface area contributed by atoms with Gasteiger partial charge in [0.05, 0.1) is 16.2 Å². The van der Waals surface area contributed by atoms with Gasteiger partial charge in [0.2, 0.25) is 11.8 Å². The summed E-state index contributed by atoms with van der Waals surface area (Å²) < 4.78 is 10.8. The van der Waals surface area contributed by atoms with Gasteiger partial charge in [-0.1, -0.05) is 12.1 Å². The predicted molar refractivity (Wildman–Crippen MR) is 118 cm³/mol. The van der Waals surface area contributed by atoms with Crippen LogP contribution in [0, 0.1) is 10.1 Å². The van der Waals surface area contributed by atoms with Gasteiger partial charge in [-0.05, 0) is 37.1 Å². The standard InChI is InChI=1S/C22H20N4O6S/c27-20(25-11-3-4-12-25)14-33-18-6-2-1-5-17(18)22(28)31-13-19-23-24-21(32-19)15-7-9-16(10-8-15)26(29)30/h1-2,5-10H,3-4,11-14H2. The zero-order valence-electron chi connectivity index (χ0n) is 17.5. The minimum Gasteiger partial charge on any atom is -0.452 e. The van der Waals surface area contributed by atoms with Gasteiger partial charge in [0.15, 0.2) is 6.61 Å². The molecule has 1 saturated heterocycles. The van der Waals surface area contributed by atoms with Gasteiger partial charge in [-0.15, -0.1) is 22.0 Å². The van der Waals surface area contributed by atoms with E-state index in [1.807, 2.05) is 4.90 Å². The van der Waals surface area contributed by atoms with Gasteiger partial charge in [-0.3, -0.25) is 14.9 Å². The van der Waals surface area contributed by atoms with Crippen LogP contribution < -0.4 is 0 Å². The summed E-state index contributed by atoms with van der Waals surface area (Å²) in [5.41, 5.74) is 0.813. The normalized spacial score (nSPS) is 13.2. The maximum Gasteiger partial charge on any atom is 0.339 e. The molecule has 1 aliphatic heterocycles. The average Bonchev–Trinajstić information content (AvgIpc) is 3.54. The number of carbonyl (C=O) groups excluding carboxylic acids is 2. The molecule has 0 bridgehead atoms. The number of esters is 1. The van der Waals surface area contributed by atoms with E-state index in [0.717, 1.165) is 25.9 Å². The van der Waals surface area contributed by atoms with E-state index in [0.29, 0.717) is 16.0 Å². The molecule has 1 aromatic heterocycles. The molecule has 11 heteroatoms. The van der Waals surface area contributed by atoms with Crippen LogP contribution >= 0.6 is 11.8 Å². The number of ether oxygens (including phenoxy) is 1. The van der Waals surface area contributed by atoms with Crippen LogP contribution in [0.2, 0.25) is 0 Å². The molecule has 1 fully saturated rings. The first-order valence-electron chi connectivity index (χ1n) is 10.2. The summed E-state index contributed by atoms with van der Waals surface area (Å²) in [6.45, 7) is 1.34. The number of non-ortho nitro benzene ring substituents is 1. The van der Waals surface area contributed by atoms with E-state index in [1.165, 1.54) is 36.0 Å². The fraction of sp³-hybridized carbons (Fsp3) is 0.273. The largest absolute Gasteiger partial charge is 0.452 e. The molecule has 2 heterocycles. The molecule has 0 atom stereocenters. The van der Waals surface area contributed by atoms with Crippen molar-refractivity contribution in [2.24, 2.45) is 0 Å². The van der Waals surface area contributed by atoms with E-state index in [1.54, 1.807) is 24.3 Å². The van der Waals surface area contributed by atoms with E-state index in [9.17, 15) is 19.7 Å². The highest BCUT2D eigenvalue weighted by Crippen LogP contribution is 2.25. The second kappa shape index (κ2) is 10.3. The topological polar surface area (TPSA) is 129 Å². The van der Waals surface area contributed by atoms with Crippen molar-refractivity contribution in [3.63, 3.8) is 0 Å². The number of rotatable bonds is 8. The van der Waals surface area contributed by atoms with Gasteiger partial charge in [-0.25, -0.2) is 4.79 Å². The Bertz CT molecular complexity index is 1160. The molecule has 3 aromatic rings. The molecule has 1 aliphatic rings. The number of hydrogen-bond donors (Lipinski definition) is 0. The second-order valence-corrected chi connectivity index (χ2v) is 8.27. The number of carbonyl (C=O) groups is 2. The SMILES string of the molecule is O=C(OCc1nnc(-c2ccc([N+](=O)[O-])cc2)o1)c1ccccc1SCC(=O)N1CCCC1. The Morgan fingerprint density at radius 2 is 1.82 bits per heavy atom. The van der Waals surface area contributed by atoms with Crippen LogP contribution in [0.1, 0.15) is 29.1 Å².